The maximum absolute atomic E-state index is 12.9. The summed E-state index contributed by atoms with van der Waals surface area (Å²) >= 11 is 5.79. The third-order valence-corrected chi connectivity index (χ3v) is 5.29. The number of halogens is 4. The number of carbonyl (C=O) groups is 1. The molecule has 1 unspecified atom stereocenters. The first-order valence-corrected chi connectivity index (χ1v) is 9.08. The molecule has 144 valence electrons. The van der Waals surface area contributed by atoms with Gasteiger partial charge in [-0.05, 0) is 49.7 Å². The van der Waals surface area contributed by atoms with Crippen LogP contribution in [-0.2, 0) is 12.7 Å². The summed E-state index contributed by atoms with van der Waals surface area (Å²) in [6, 6.07) is 11.7. The minimum Gasteiger partial charge on any atom is -0.348 e. The number of carbonyl (C=O) groups excluding carboxylic acids is 1. The summed E-state index contributed by atoms with van der Waals surface area (Å²) in [7, 11) is 2.10. The van der Waals surface area contributed by atoms with E-state index in [1.54, 1.807) is 0 Å². The zero-order valence-electron chi connectivity index (χ0n) is 14.8. The van der Waals surface area contributed by atoms with Gasteiger partial charge < -0.3 is 5.32 Å². The molecule has 1 saturated heterocycles. The Balaban J connectivity index is 1.66. The smallest absolute Gasteiger partial charge is 0.348 e. The van der Waals surface area contributed by atoms with Crippen molar-refractivity contribution in [3.05, 3.63) is 69.7 Å². The van der Waals surface area contributed by atoms with E-state index in [2.05, 4.69) is 17.3 Å². The fourth-order valence-corrected chi connectivity index (χ4v) is 3.71. The van der Waals surface area contributed by atoms with Crippen molar-refractivity contribution in [2.75, 3.05) is 13.6 Å². The van der Waals surface area contributed by atoms with Gasteiger partial charge in [0.2, 0.25) is 0 Å². The average molecular weight is 397 g/mol. The van der Waals surface area contributed by atoms with E-state index in [0.717, 1.165) is 24.6 Å². The number of amides is 1. The van der Waals surface area contributed by atoms with Crippen LogP contribution in [0.15, 0.2) is 42.5 Å². The minimum absolute atomic E-state index is 0.185. The summed E-state index contributed by atoms with van der Waals surface area (Å²) in [6.45, 7) is 1.30. The van der Waals surface area contributed by atoms with Crippen LogP contribution < -0.4 is 5.32 Å². The van der Waals surface area contributed by atoms with Crippen molar-refractivity contribution in [2.45, 2.75) is 31.6 Å². The van der Waals surface area contributed by atoms with Gasteiger partial charge >= 0.3 is 6.18 Å². The number of hydrogen-bond acceptors (Lipinski definition) is 2. The van der Waals surface area contributed by atoms with E-state index in [0.29, 0.717) is 6.04 Å². The van der Waals surface area contributed by atoms with Gasteiger partial charge in [-0.1, -0.05) is 41.9 Å². The van der Waals surface area contributed by atoms with Crippen molar-refractivity contribution in [1.82, 2.24) is 10.2 Å². The van der Waals surface area contributed by atoms with Crippen molar-refractivity contribution >= 4 is 17.5 Å². The highest BCUT2D eigenvalue weighted by atomic mass is 35.5. The van der Waals surface area contributed by atoms with Crippen LogP contribution in [0.1, 0.15) is 45.9 Å². The van der Waals surface area contributed by atoms with Crippen molar-refractivity contribution in [3.63, 3.8) is 0 Å². The molecule has 7 heteroatoms. The van der Waals surface area contributed by atoms with Crippen LogP contribution in [-0.4, -0.2) is 24.4 Å². The van der Waals surface area contributed by atoms with Gasteiger partial charge in [-0.2, -0.15) is 13.2 Å². The van der Waals surface area contributed by atoms with Crippen molar-refractivity contribution in [3.8, 4) is 0 Å². The highest BCUT2D eigenvalue weighted by Crippen LogP contribution is 2.36. The predicted octanol–water partition coefficient (Wildman–Crippen LogP) is 5.06. The van der Waals surface area contributed by atoms with Gasteiger partial charge in [-0.25, -0.2) is 0 Å². The molecule has 1 atom stereocenters. The molecule has 1 aliphatic heterocycles. The lowest BCUT2D eigenvalue weighted by atomic mass is 10.0. The summed E-state index contributed by atoms with van der Waals surface area (Å²) in [6.07, 6.45) is -2.30. The summed E-state index contributed by atoms with van der Waals surface area (Å²) < 4.78 is 38.8. The molecule has 1 fully saturated rings. The fourth-order valence-electron chi connectivity index (χ4n) is 3.39. The van der Waals surface area contributed by atoms with E-state index in [4.69, 9.17) is 11.6 Å². The molecule has 0 aromatic heterocycles. The zero-order valence-corrected chi connectivity index (χ0v) is 15.6. The Bertz CT molecular complexity index is 821. The first-order valence-electron chi connectivity index (χ1n) is 8.70. The number of rotatable bonds is 4. The molecule has 1 N–H and O–H groups in total. The Morgan fingerprint density at radius 1 is 1.22 bits per heavy atom. The molecule has 27 heavy (non-hydrogen) atoms. The average Bonchev–Trinajstić information content (AvgIpc) is 3.05. The Morgan fingerprint density at radius 2 is 1.93 bits per heavy atom. The highest BCUT2D eigenvalue weighted by molar-refractivity contribution is 6.34. The maximum Gasteiger partial charge on any atom is 0.417 e. The van der Waals surface area contributed by atoms with Crippen LogP contribution in [0.5, 0.6) is 0 Å². The summed E-state index contributed by atoms with van der Waals surface area (Å²) in [5, 5.41) is 2.05. The lowest BCUT2D eigenvalue weighted by Crippen LogP contribution is -2.24. The predicted molar refractivity (Wildman–Crippen MR) is 98.7 cm³/mol. The standard InChI is InChI=1S/C20H20ClF3N2O/c1-26-11-3-6-17(26)14-9-7-13(8-10-14)12-25-19(27)15-4-2-5-16(18(15)21)20(22,23)24/h2,4-5,7-10,17H,3,6,11-12H2,1H3,(H,25,27). The van der Waals surface area contributed by atoms with E-state index in [1.807, 2.05) is 24.3 Å². The van der Waals surface area contributed by atoms with Crippen LogP contribution in [0.2, 0.25) is 5.02 Å². The molecule has 3 nitrogen and oxygen atoms in total. The summed E-state index contributed by atoms with van der Waals surface area (Å²) in [4.78, 5) is 14.6. The van der Waals surface area contributed by atoms with Crippen molar-refractivity contribution in [2.24, 2.45) is 0 Å². The molecule has 0 spiro atoms. The zero-order chi connectivity index (χ0) is 19.6. The molecule has 0 bridgehead atoms. The van der Waals surface area contributed by atoms with E-state index in [9.17, 15) is 18.0 Å². The normalized spacial score (nSPS) is 17.9. The van der Waals surface area contributed by atoms with Crippen LogP contribution in [0.25, 0.3) is 0 Å². The molecule has 0 aliphatic carbocycles. The topological polar surface area (TPSA) is 32.3 Å². The van der Waals surface area contributed by atoms with Gasteiger partial charge in [0.05, 0.1) is 16.1 Å². The highest BCUT2D eigenvalue weighted by Gasteiger charge is 2.34. The number of likely N-dealkylation sites (tertiary alicyclic amines) is 1. The molecule has 2 aromatic carbocycles. The molecule has 1 heterocycles. The second-order valence-electron chi connectivity index (χ2n) is 6.73. The van der Waals surface area contributed by atoms with E-state index in [-0.39, 0.29) is 12.1 Å². The SMILES string of the molecule is CN1CCCC1c1ccc(CNC(=O)c2cccc(C(F)(F)F)c2Cl)cc1. The summed E-state index contributed by atoms with van der Waals surface area (Å²) in [5.41, 5.74) is 0.902. The Hall–Kier alpha value is -2.05. The third-order valence-electron chi connectivity index (χ3n) is 4.89. The van der Waals surface area contributed by atoms with Gasteiger partial charge in [0.15, 0.2) is 0 Å². The lowest BCUT2D eigenvalue weighted by molar-refractivity contribution is -0.137. The molecular weight excluding hydrogens is 377 g/mol. The summed E-state index contributed by atoms with van der Waals surface area (Å²) in [5.74, 6) is -0.634. The van der Waals surface area contributed by atoms with Crippen molar-refractivity contribution in [1.29, 1.82) is 0 Å². The van der Waals surface area contributed by atoms with Crippen LogP contribution in [0.4, 0.5) is 13.2 Å². The first-order chi connectivity index (χ1) is 12.8. The van der Waals surface area contributed by atoms with Crippen LogP contribution in [0, 0.1) is 0 Å². The quantitative estimate of drug-likeness (QED) is 0.783. The molecule has 1 aliphatic rings. The van der Waals surface area contributed by atoms with Crippen molar-refractivity contribution < 1.29 is 18.0 Å². The fraction of sp³-hybridized carbons (Fsp3) is 0.350. The van der Waals surface area contributed by atoms with E-state index >= 15 is 0 Å². The Morgan fingerprint density at radius 3 is 2.52 bits per heavy atom. The van der Waals surface area contributed by atoms with Crippen LogP contribution in [0.3, 0.4) is 0 Å². The minimum atomic E-state index is -4.60. The number of benzene rings is 2. The molecule has 3 rings (SSSR count). The molecule has 1 amide bonds. The second kappa shape index (κ2) is 7.90. The molecule has 2 aromatic rings. The van der Waals surface area contributed by atoms with Gasteiger partial charge in [-0.3, -0.25) is 9.69 Å². The number of nitrogens with zero attached hydrogens (tertiary/aromatic N) is 1. The van der Waals surface area contributed by atoms with E-state index in [1.165, 1.54) is 24.1 Å². The van der Waals surface area contributed by atoms with Gasteiger partial charge in [0.1, 0.15) is 0 Å². The third kappa shape index (κ3) is 4.45. The monoisotopic (exact) mass is 396 g/mol. The molecule has 0 radical (unpaired) electrons. The van der Waals surface area contributed by atoms with Crippen LogP contribution >= 0.6 is 11.6 Å². The Kier molecular flexibility index (Phi) is 5.77. The lowest BCUT2D eigenvalue weighted by Gasteiger charge is -2.20. The molecular formula is C20H20ClF3N2O. The largest absolute Gasteiger partial charge is 0.417 e. The maximum atomic E-state index is 12.9. The van der Waals surface area contributed by atoms with E-state index < -0.39 is 22.7 Å². The number of nitrogens with one attached hydrogen (secondary N) is 1. The van der Waals surface area contributed by atoms with Gasteiger partial charge in [0.25, 0.3) is 5.91 Å². The number of hydrogen-bond donors (Lipinski definition) is 1. The Labute approximate surface area is 161 Å². The molecule has 0 saturated carbocycles. The number of alkyl halides is 3. The van der Waals surface area contributed by atoms with Gasteiger partial charge in [0, 0.05) is 12.6 Å². The first kappa shape index (κ1) is 19.7. The van der Waals surface area contributed by atoms with Gasteiger partial charge in [-0.15, -0.1) is 0 Å². The second-order valence-corrected chi connectivity index (χ2v) is 7.11.